The first-order chi connectivity index (χ1) is 7.99. The zero-order valence-electron chi connectivity index (χ0n) is 9.67. The lowest BCUT2D eigenvalue weighted by Gasteiger charge is -2.07. The molecule has 0 bridgehead atoms. The Bertz CT molecular complexity index is 394. The minimum atomic E-state index is -0.773. The van der Waals surface area contributed by atoms with Crippen LogP contribution in [-0.4, -0.2) is 11.9 Å². The van der Waals surface area contributed by atoms with Crippen LogP contribution < -0.4 is 11.1 Å². The minimum absolute atomic E-state index is 0.00260. The number of benzene rings is 1. The zero-order valence-corrected chi connectivity index (χ0v) is 9.67. The van der Waals surface area contributed by atoms with E-state index in [4.69, 9.17) is 5.73 Å². The van der Waals surface area contributed by atoms with Crippen LogP contribution in [0.4, 0.5) is 14.5 Å². The third-order valence-corrected chi connectivity index (χ3v) is 2.27. The van der Waals surface area contributed by atoms with Gasteiger partial charge in [-0.1, -0.05) is 0 Å². The number of nitrogens with one attached hydrogen (secondary N) is 1. The molecule has 3 nitrogen and oxygen atoms in total. The van der Waals surface area contributed by atoms with Gasteiger partial charge in [-0.2, -0.15) is 0 Å². The molecule has 3 N–H and O–H groups in total. The van der Waals surface area contributed by atoms with Crippen molar-refractivity contribution in [2.24, 2.45) is 5.73 Å². The fourth-order valence-electron chi connectivity index (χ4n) is 1.39. The van der Waals surface area contributed by atoms with Gasteiger partial charge in [-0.05, 0) is 31.9 Å². The Kier molecular flexibility index (Phi) is 5.03. The summed E-state index contributed by atoms with van der Waals surface area (Å²) in [6, 6.07) is 3.08. The monoisotopic (exact) mass is 242 g/mol. The van der Waals surface area contributed by atoms with Gasteiger partial charge in [0.2, 0.25) is 5.91 Å². The molecule has 1 unspecified atom stereocenters. The predicted octanol–water partition coefficient (Wildman–Crippen LogP) is 2.42. The van der Waals surface area contributed by atoms with Crippen LogP contribution in [0, 0.1) is 11.6 Å². The molecule has 0 spiro atoms. The van der Waals surface area contributed by atoms with Crippen molar-refractivity contribution < 1.29 is 13.6 Å². The summed E-state index contributed by atoms with van der Waals surface area (Å²) in [7, 11) is 0. The summed E-state index contributed by atoms with van der Waals surface area (Å²) in [5, 5.41) is 2.39. The number of nitrogens with two attached hydrogens (primary N) is 1. The zero-order chi connectivity index (χ0) is 12.8. The van der Waals surface area contributed by atoms with Gasteiger partial charge in [-0.15, -0.1) is 0 Å². The average Bonchev–Trinajstić information content (AvgIpc) is 2.21. The molecule has 0 aliphatic heterocycles. The highest BCUT2D eigenvalue weighted by molar-refractivity contribution is 5.90. The first-order valence-electron chi connectivity index (χ1n) is 5.49. The number of hydrogen-bond acceptors (Lipinski definition) is 2. The number of halogens is 2. The third kappa shape index (κ3) is 4.91. The summed E-state index contributed by atoms with van der Waals surface area (Å²) in [6.45, 7) is 1.86. The van der Waals surface area contributed by atoms with Gasteiger partial charge < -0.3 is 11.1 Å². The molecule has 1 amide bonds. The highest BCUT2D eigenvalue weighted by Crippen LogP contribution is 2.15. The van der Waals surface area contributed by atoms with Crippen molar-refractivity contribution in [1.29, 1.82) is 0 Å². The molecule has 0 aliphatic carbocycles. The molecule has 0 aromatic heterocycles. The summed E-state index contributed by atoms with van der Waals surface area (Å²) in [6.07, 6.45) is 1.66. The maximum atomic E-state index is 13.2. The lowest BCUT2D eigenvalue weighted by molar-refractivity contribution is -0.116. The fraction of sp³-hybridized carbons (Fsp3) is 0.417. The van der Waals surface area contributed by atoms with Gasteiger partial charge in [0.15, 0.2) is 0 Å². The lowest BCUT2D eigenvalue weighted by atomic mass is 10.1. The Balaban J connectivity index is 2.45. The van der Waals surface area contributed by atoms with E-state index >= 15 is 0 Å². The smallest absolute Gasteiger partial charge is 0.224 e. The number of hydrogen-bond donors (Lipinski definition) is 2. The molecule has 5 heteroatoms. The molecule has 0 saturated heterocycles. The quantitative estimate of drug-likeness (QED) is 0.833. The largest absolute Gasteiger partial charge is 0.328 e. The molecular weight excluding hydrogens is 226 g/mol. The van der Waals surface area contributed by atoms with Crippen LogP contribution in [0.3, 0.4) is 0 Å². The van der Waals surface area contributed by atoms with Crippen LogP contribution in [0.25, 0.3) is 0 Å². The second-order valence-corrected chi connectivity index (χ2v) is 4.04. The molecule has 0 aliphatic rings. The second-order valence-electron chi connectivity index (χ2n) is 4.04. The molecule has 0 saturated carbocycles. The third-order valence-electron chi connectivity index (χ3n) is 2.27. The van der Waals surface area contributed by atoms with E-state index in [0.29, 0.717) is 6.42 Å². The van der Waals surface area contributed by atoms with Crippen LogP contribution in [0.1, 0.15) is 26.2 Å². The fourth-order valence-corrected chi connectivity index (χ4v) is 1.39. The van der Waals surface area contributed by atoms with E-state index in [2.05, 4.69) is 5.32 Å². The van der Waals surface area contributed by atoms with Crippen molar-refractivity contribution in [3.05, 3.63) is 29.8 Å². The summed E-state index contributed by atoms with van der Waals surface area (Å²) < 4.78 is 25.8. The number of rotatable bonds is 5. The van der Waals surface area contributed by atoms with Gasteiger partial charge in [-0.25, -0.2) is 8.78 Å². The van der Waals surface area contributed by atoms with Crippen LogP contribution in [0.2, 0.25) is 0 Å². The van der Waals surface area contributed by atoms with Crippen molar-refractivity contribution in [3.63, 3.8) is 0 Å². The van der Waals surface area contributed by atoms with E-state index in [0.717, 1.165) is 18.6 Å². The van der Waals surface area contributed by atoms with Crippen LogP contribution in [0.5, 0.6) is 0 Å². The van der Waals surface area contributed by atoms with Gasteiger partial charge in [-0.3, -0.25) is 4.79 Å². The molecule has 94 valence electrons. The molecule has 0 heterocycles. The Morgan fingerprint density at radius 2 is 2.18 bits per heavy atom. The predicted molar refractivity (Wildman–Crippen MR) is 62.5 cm³/mol. The Morgan fingerprint density at radius 3 is 2.76 bits per heavy atom. The van der Waals surface area contributed by atoms with E-state index in [1.165, 1.54) is 6.07 Å². The Hall–Kier alpha value is -1.49. The molecular formula is C12H16F2N2O. The number of anilines is 1. The van der Waals surface area contributed by atoms with Crippen LogP contribution in [-0.2, 0) is 4.79 Å². The van der Waals surface area contributed by atoms with E-state index in [-0.39, 0.29) is 24.1 Å². The Morgan fingerprint density at radius 1 is 1.47 bits per heavy atom. The van der Waals surface area contributed by atoms with Gasteiger partial charge in [0, 0.05) is 18.5 Å². The number of carbonyl (C=O) groups is 1. The van der Waals surface area contributed by atoms with Crippen molar-refractivity contribution in [1.82, 2.24) is 0 Å². The average molecular weight is 242 g/mol. The summed E-state index contributed by atoms with van der Waals surface area (Å²) in [5.41, 5.74) is 5.54. The van der Waals surface area contributed by atoms with Gasteiger partial charge in [0.1, 0.15) is 11.6 Å². The summed E-state index contributed by atoms with van der Waals surface area (Å²) in [5.74, 6) is -1.74. The molecule has 0 fully saturated rings. The molecule has 1 aromatic rings. The van der Waals surface area contributed by atoms with Crippen molar-refractivity contribution in [2.75, 3.05) is 5.32 Å². The molecule has 0 radical (unpaired) electrons. The highest BCUT2D eigenvalue weighted by atomic mass is 19.1. The SMILES string of the molecule is CC(N)CCCC(=O)Nc1ccc(F)cc1F. The molecule has 17 heavy (non-hydrogen) atoms. The van der Waals surface area contributed by atoms with E-state index < -0.39 is 11.6 Å². The van der Waals surface area contributed by atoms with E-state index in [9.17, 15) is 13.6 Å². The summed E-state index contributed by atoms with van der Waals surface area (Å²) >= 11 is 0. The lowest BCUT2D eigenvalue weighted by Crippen LogP contribution is -2.17. The topological polar surface area (TPSA) is 55.1 Å². The molecule has 1 aromatic carbocycles. The highest BCUT2D eigenvalue weighted by Gasteiger charge is 2.08. The van der Waals surface area contributed by atoms with E-state index in [1.54, 1.807) is 0 Å². The number of amides is 1. The molecule has 1 atom stereocenters. The molecule has 1 rings (SSSR count). The second kappa shape index (κ2) is 6.30. The standard InChI is InChI=1S/C12H16F2N2O/c1-8(15)3-2-4-12(17)16-11-6-5-9(13)7-10(11)14/h5-8H,2-4,15H2,1H3,(H,16,17). The Labute approximate surface area is 99.0 Å². The van der Waals surface area contributed by atoms with Gasteiger partial charge in [0.25, 0.3) is 0 Å². The maximum absolute atomic E-state index is 13.2. The van der Waals surface area contributed by atoms with Crippen molar-refractivity contribution >= 4 is 11.6 Å². The summed E-state index contributed by atoms with van der Waals surface area (Å²) in [4.78, 5) is 11.4. The van der Waals surface area contributed by atoms with Gasteiger partial charge >= 0.3 is 0 Å². The number of carbonyl (C=O) groups excluding carboxylic acids is 1. The minimum Gasteiger partial charge on any atom is -0.328 e. The van der Waals surface area contributed by atoms with Crippen LogP contribution >= 0.6 is 0 Å². The first-order valence-corrected chi connectivity index (χ1v) is 5.49. The van der Waals surface area contributed by atoms with E-state index in [1.807, 2.05) is 6.92 Å². The van der Waals surface area contributed by atoms with Gasteiger partial charge in [0.05, 0.1) is 5.69 Å². The van der Waals surface area contributed by atoms with Crippen molar-refractivity contribution in [2.45, 2.75) is 32.2 Å². The first kappa shape index (κ1) is 13.6. The van der Waals surface area contributed by atoms with Crippen molar-refractivity contribution in [3.8, 4) is 0 Å². The maximum Gasteiger partial charge on any atom is 0.224 e. The normalized spacial score (nSPS) is 12.2. The van der Waals surface area contributed by atoms with Crippen LogP contribution in [0.15, 0.2) is 18.2 Å².